The van der Waals surface area contributed by atoms with Gasteiger partial charge in [-0.15, -0.1) is 0 Å². The SMILES string of the molecule is CCCCCCC/C=C\C/C=C\C/C=C\CCCCCCCCCCCCCCCCC(=O)OC(CO)COC(=O)CCCCCCCCCCC/C=C\CCCCCCCC. The molecular formula is C57H104O5. The summed E-state index contributed by atoms with van der Waals surface area (Å²) in [7, 11) is 0. The average Bonchev–Trinajstić information content (AvgIpc) is 3.28. The molecule has 62 heavy (non-hydrogen) atoms. The van der Waals surface area contributed by atoms with Crippen molar-refractivity contribution in [3.63, 3.8) is 0 Å². The molecule has 1 unspecified atom stereocenters. The van der Waals surface area contributed by atoms with Gasteiger partial charge in [0.05, 0.1) is 6.61 Å². The molecule has 0 aliphatic heterocycles. The number of aliphatic hydroxyl groups excluding tert-OH is 1. The van der Waals surface area contributed by atoms with E-state index in [0.29, 0.717) is 12.8 Å². The lowest BCUT2D eigenvalue weighted by atomic mass is 10.0. The summed E-state index contributed by atoms with van der Waals surface area (Å²) in [6.07, 6.45) is 69.3. The topological polar surface area (TPSA) is 72.8 Å². The van der Waals surface area contributed by atoms with Crippen LogP contribution in [0.4, 0.5) is 0 Å². The monoisotopic (exact) mass is 869 g/mol. The standard InChI is InChI=1S/C57H104O5/c1-3-5-7-9-11-13-15-17-19-21-23-24-25-26-27-28-29-30-31-32-34-36-38-40-42-44-46-48-50-52-57(60)62-55(53-58)54-61-56(59)51-49-47-45-43-41-39-37-35-33-22-20-18-16-14-12-10-8-6-4-2/h15,17-18,20-21,23,25-26,55,58H,3-14,16,19,22,24,27-54H2,1-2H3/b17-15-,20-18-,23-21-,26-25-. The summed E-state index contributed by atoms with van der Waals surface area (Å²) in [6.45, 7) is 4.15. The quantitative estimate of drug-likeness (QED) is 0.0375. The van der Waals surface area contributed by atoms with E-state index in [2.05, 4.69) is 62.5 Å². The maximum absolute atomic E-state index is 12.3. The van der Waals surface area contributed by atoms with E-state index in [-0.39, 0.29) is 25.2 Å². The Kier molecular flexibility index (Phi) is 51.4. The molecule has 362 valence electrons. The van der Waals surface area contributed by atoms with Crippen LogP contribution < -0.4 is 0 Å². The van der Waals surface area contributed by atoms with Crippen LogP contribution in [0.3, 0.4) is 0 Å². The second-order valence-corrected chi connectivity index (χ2v) is 18.3. The first-order valence-electron chi connectivity index (χ1n) is 27.2. The van der Waals surface area contributed by atoms with E-state index in [0.717, 1.165) is 51.4 Å². The molecule has 0 aromatic carbocycles. The molecule has 0 aromatic heterocycles. The van der Waals surface area contributed by atoms with Gasteiger partial charge in [0.25, 0.3) is 0 Å². The molecule has 0 saturated carbocycles. The number of allylic oxidation sites excluding steroid dienone is 8. The lowest BCUT2D eigenvalue weighted by Gasteiger charge is -2.15. The van der Waals surface area contributed by atoms with E-state index in [9.17, 15) is 14.7 Å². The molecule has 0 heterocycles. The predicted molar refractivity (Wildman–Crippen MR) is 270 cm³/mol. The third-order valence-electron chi connectivity index (χ3n) is 12.1. The third-order valence-corrected chi connectivity index (χ3v) is 12.1. The van der Waals surface area contributed by atoms with Crippen LogP contribution in [0.5, 0.6) is 0 Å². The number of carbonyl (C=O) groups is 2. The third kappa shape index (κ3) is 50.5. The molecule has 5 heteroatoms. The predicted octanol–water partition coefficient (Wildman–Crippen LogP) is 18.1. The van der Waals surface area contributed by atoms with Crippen molar-refractivity contribution in [3.8, 4) is 0 Å². The number of esters is 2. The minimum Gasteiger partial charge on any atom is -0.462 e. The Morgan fingerprint density at radius 3 is 0.984 bits per heavy atom. The number of hydrogen-bond donors (Lipinski definition) is 1. The average molecular weight is 869 g/mol. The fourth-order valence-electron chi connectivity index (χ4n) is 7.97. The minimum atomic E-state index is -0.773. The minimum absolute atomic E-state index is 0.0651. The van der Waals surface area contributed by atoms with E-state index in [1.165, 1.54) is 205 Å². The fourth-order valence-corrected chi connectivity index (χ4v) is 7.97. The summed E-state index contributed by atoms with van der Waals surface area (Å²) < 4.78 is 10.7. The van der Waals surface area contributed by atoms with Gasteiger partial charge in [-0.1, -0.05) is 242 Å². The van der Waals surface area contributed by atoms with Crippen LogP contribution in [0.25, 0.3) is 0 Å². The van der Waals surface area contributed by atoms with Gasteiger partial charge in [-0.3, -0.25) is 9.59 Å². The zero-order valence-electron chi connectivity index (χ0n) is 41.4. The van der Waals surface area contributed by atoms with E-state index in [1.54, 1.807) is 0 Å². The highest BCUT2D eigenvalue weighted by atomic mass is 16.6. The summed E-state index contributed by atoms with van der Waals surface area (Å²) >= 11 is 0. The molecule has 0 aliphatic rings. The van der Waals surface area contributed by atoms with Gasteiger partial charge < -0.3 is 14.6 Å². The van der Waals surface area contributed by atoms with Crippen LogP contribution in [-0.4, -0.2) is 36.4 Å². The Labute approximate surface area is 386 Å². The Morgan fingerprint density at radius 1 is 0.371 bits per heavy atom. The van der Waals surface area contributed by atoms with Gasteiger partial charge in [0.15, 0.2) is 6.10 Å². The Balaban J connectivity index is 3.47. The molecule has 0 fully saturated rings. The second kappa shape index (κ2) is 53.2. The smallest absolute Gasteiger partial charge is 0.306 e. The van der Waals surface area contributed by atoms with Crippen LogP contribution in [0.1, 0.15) is 284 Å². The molecule has 0 spiro atoms. The van der Waals surface area contributed by atoms with Gasteiger partial charge in [-0.2, -0.15) is 0 Å². The van der Waals surface area contributed by atoms with E-state index >= 15 is 0 Å². The first-order chi connectivity index (χ1) is 30.6. The molecule has 0 amide bonds. The van der Waals surface area contributed by atoms with Crippen LogP contribution in [0, 0.1) is 0 Å². The van der Waals surface area contributed by atoms with Gasteiger partial charge in [0, 0.05) is 12.8 Å². The molecule has 0 aromatic rings. The molecule has 1 N–H and O–H groups in total. The summed E-state index contributed by atoms with van der Waals surface area (Å²) in [5.74, 6) is -0.583. The lowest BCUT2D eigenvalue weighted by Crippen LogP contribution is -2.28. The number of carbonyl (C=O) groups excluding carboxylic acids is 2. The lowest BCUT2D eigenvalue weighted by molar-refractivity contribution is -0.161. The Morgan fingerprint density at radius 2 is 0.645 bits per heavy atom. The summed E-state index contributed by atoms with van der Waals surface area (Å²) in [4.78, 5) is 24.5. The van der Waals surface area contributed by atoms with E-state index in [4.69, 9.17) is 9.47 Å². The van der Waals surface area contributed by atoms with Crippen molar-refractivity contribution in [1.29, 1.82) is 0 Å². The zero-order chi connectivity index (χ0) is 44.9. The van der Waals surface area contributed by atoms with E-state index in [1.807, 2.05) is 0 Å². The number of unbranched alkanes of at least 4 members (excludes halogenated alkanes) is 34. The largest absolute Gasteiger partial charge is 0.462 e. The van der Waals surface area contributed by atoms with Crippen molar-refractivity contribution in [2.45, 2.75) is 290 Å². The van der Waals surface area contributed by atoms with Gasteiger partial charge >= 0.3 is 11.9 Å². The maximum atomic E-state index is 12.3. The van der Waals surface area contributed by atoms with Crippen LogP contribution in [-0.2, 0) is 19.1 Å². The van der Waals surface area contributed by atoms with Gasteiger partial charge in [-0.05, 0) is 77.0 Å². The fraction of sp³-hybridized carbons (Fsp3) is 0.825. The summed E-state index contributed by atoms with van der Waals surface area (Å²) in [6, 6.07) is 0. The molecule has 0 radical (unpaired) electrons. The van der Waals surface area contributed by atoms with Crippen molar-refractivity contribution in [2.75, 3.05) is 13.2 Å². The van der Waals surface area contributed by atoms with Gasteiger partial charge in [0.1, 0.15) is 6.61 Å². The normalized spacial score (nSPS) is 12.5. The van der Waals surface area contributed by atoms with Crippen molar-refractivity contribution >= 4 is 11.9 Å². The van der Waals surface area contributed by atoms with Crippen LogP contribution in [0.2, 0.25) is 0 Å². The number of aliphatic hydroxyl groups is 1. The van der Waals surface area contributed by atoms with E-state index < -0.39 is 6.10 Å². The molecular weight excluding hydrogens is 765 g/mol. The van der Waals surface area contributed by atoms with Crippen molar-refractivity contribution < 1.29 is 24.2 Å². The summed E-state index contributed by atoms with van der Waals surface area (Å²) in [5.41, 5.74) is 0. The number of hydrogen-bond acceptors (Lipinski definition) is 5. The maximum Gasteiger partial charge on any atom is 0.306 e. The number of ether oxygens (including phenoxy) is 2. The molecule has 0 saturated heterocycles. The highest BCUT2D eigenvalue weighted by Gasteiger charge is 2.16. The molecule has 0 aliphatic carbocycles. The first kappa shape index (κ1) is 59.9. The molecule has 1 atom stereocenters. The Hall–Kier alpha value is -2.14. The molecule has 0 bridgehead atoms. The van der Waals surface area contributed by atoms with Crippen LogP contribution >= 0.6 is 0 Å². The first-order valence-corrected chi connectivity index (χ1v) is 27.2. The van der Waals surface area contributed by atoms with Crippen molar-refractivity contribution in [2.24, 2.45) is 0 Å². The highest BCUT2D eigenvalue weighted by Crippen LogP contribution is 2.16. The van der Waals surface area contributed by atoms with Gasteiger partial charge in [0.2, 0.25) is 0 Å². The van der Waals surface area contributed by atoms with Crippen molar-refractivity contribution in [3.05, 3.63) is 48.6 Å². The zero-order valence-corrected chi connectivity index (χ0v) is 41.4. The van der Waals surface area contributed by atoms with Gasteiger partial charge in [-0.25, -0.2) is 0 Å². The Bertz CT molecular complexity index is 1030. The molecule has 0 rings (SSSR count). The summed E-state index contributed by atoms with van der Waals surface area (Å²) in [5, 5.41) is 9.64. The number of rotatable bonds is 50. The molecule has 5 nitrogen and oxygen atoms in total. The highest BCUT2D eigenvalue weighted by molar-refractivity contribution is 5.70. The second-order valence-electron chi connectivity index (χ2n) is 18.3. The van der Waals surface area contributed by atoms with Crippen molar-refractivity contribution in [1.82, 2.24) is 0 Å². The van der Waals surface area contributed by atoms with Crippen LogP contribution in [0.15, 0.2) is 48.6 Å².